The van der Waals surface area contributed by atoms with E-state index in [-0.39, 0.29) is 5.95 Å². The van der Waals surface area contributed by atoms with Gasteiger partial charge in [0.2, 0.25) is 5.95 Å². The number of nitrogens with two attached hydrogens (primary N) is 1. The summed E-state index contributed by atoms with van der Waals surface area (Å²) in [6, 6.07) is 5.76. The lowest BCUT2D eigenvalue weighted by Gasteiger charge is -2.13. The van der Waals surface area contributed by atoms with Gasteiger partial charge in [0.15, 0.2) is 11.5 Å². The summed E-state index contributed by atoms with van der Waals surface area (Å²) < 4.78 is 11.2. The van der Waals surface area contributed by atoms with Gasteiger partial charge < -0.3 is 15.2 Å². The van der Waals surface area contributed by atoms with Gasteiger partial charge in [0.1, 0.15) is 0 Å². The Morgan fingerprint density at radius 3 is 2.50 bits per heavy atom. The summed E-state index contributed by atoms with van der Waals surface area (Å²) in [5.74, 6) is 1.71. The van der Waals surface area contributed by atoms with Crippen LogP contribution in [-0.2, 0) is 0 Å². The molecular weight excluding hydrogens is 254 g/mol. The van der Waals surface area contributed by atoms with Crippen LogP contribution in [0.25, 0.3) is 11.3 Å². The maximum atomic E-state index is 5.66. The van der Waals surface area contributed by atoms with Crippen LogP contribution < -0.4 is 15.2 Å². The Bertz CT molecular complexity index is 600. The molecule has 2 rings (SSSR count). The molecule has 0 saturated heterocycles. The molecule has 106 valence electrons. The van der Waals surface area contributed by atoms with Gasteiger partial charge >= 0.3 is 0 Å². The van der Waals surface area contributed by atoms with Crippen molar-refractivity contribution in [3.63, 3.8) is 0 Å². The lowest BCUT2D eigenvalue weighted by molar-refractivity contribution is 0.288. The quantitative estimate of drug-likeness (QED) is 0.907. The van der Waals surface area contributed by atoms with Crippen LogP contribution >= 0.6 is 0 Å². The molecule has 0 amide bonds. The Hall–Kier alpha value is -2.30. The van der Waals surface area contributed by atoms with Crippen LogP contribution in [0.1, 0.15) is 19.4 Å². The maximum Gasteiger partial charge on any atom is 0.220 e. The zero-order chi connectivity index (χ0) is 14.5. The molecule has 0 bridgehead atoms. The minimum Gasteiger partial charge on any atom is -0.490 e. The van der Waals surface area contributed by atoms with E-state index >= 15 is 0 Å². The van der Waals surface area contributed by atoms with Crippen molar-refractivity contribution < 1.29 is 9.47 Å². The molecule has 0 aliphatic rings. The van der Waals surface area contributed by atoms with E-state index in [1.54, 1.807) is 6.20 Å². The molecule has 0 unspecified atom stereocenters. The molecule has 0 fully saturated rings. The number of aromatic nitrogens is 2. The summed E-state index contributed by atoms with van der Waals surface area (Å²) in [7, 11) is 0. The van der Waals surface area contributed by atoms with Crippen LogP contribution in [0.4, 0.5) is 5.95 Å². The minimum absolute atomic E-state index is 0.262. The van der Waals surface area contributed by atoms with Crippen LogP contribution in [0.3, 0.4) is 0 Å². The lowest BCUT2D eigenvalue weighted by atomic mass is 10.1. The molecule has 0 saturated carbocycles. The average molecular weight is 273 g/mol. The summed E-state index contributed by atoms with van der Waals surface area (Å²) in [5.41, 5.74) is 8.37. The smallest absolute Gasteiger partial charge is 0.220 e. The molecule has 5 heteroatoms. The van der Waals surface area contributed by atoms with Gasteiger partial charge in [-0.15, -0.1) is 0 Å². The molecule has 0 spiro atoms. The van der Waals surface area contributed by atoms with E-state index < -0.39 is 0 Å². The molecule has 1 heterocycles. The highest BCUT2D eigenvalue weighted by molar-refractivity contribution is 5.67. The van der Waals surface area contributed by atoms with E-state index in [9.17, 15) is 0 Å². The summed E-state index contributed by atoms with van der Waals surface area (Å²) in [6.07, 6.45) is 1.72. The number of ether oxygens (including phenoxy) is 2. The first kappa shape index (κ1) is 14.1. The van der Waals surface area contributed by atoms with Crippen molar-refractivity contribution in [1.29, 1.82) is 0 Å². The van der Waals surface area contributed by atoms with Crippen LogP contribution in [0.5, 0.6) is 11.5 Å². The predicted molar refractivity (Wildman–Crippen MR) is 79.0 cm³/mol. The summed E-state index contributed by atoms with van der Waals surface area (Å²) >= 11 is 0. The summed E-state index contributed by atoms with van der Waals surface area (Å²) in [6.45, 7) is 7.01. The van der Waals surface area contributed by atoms with E-state index in [4.69, 9.17) is 15.2 Å². The predicted octanol–water partition coefficient (Wildman–Crippen LogP) is 2.83. The molecule has 0 atom stereocenters. The van der Waals surface area contributed by atoms with E-state index in [1.807, 2.05) is 39.0 Å². The highest BCUT2D eigenvalue weighted by atomic mass is 16.5. The highest BCUT2D eigenvalue weighted by Crippen LogP contribution is 2.33. The second-order valence-electron chi connectivity index (χ2n) is 4.29. The van der Waals surface area contributed by atoms with Crippen LogP contribution in [0, 0.1) is 6.92 Å². The van der Waals surface area contributed by atoms with Crippen LogP contribution in [0.15, 0.2) is 24.4 Å². The first-order valence-electron chi connectivity index (χ1n) is 6.64. The number of hydrogen-bond donors (Lipinski definition) is 1. The number of hydrogen-bond acceptors (Lipinski definition) is 5. The Morgan fingerprint density at radius 1 is 1.10 bits per heavy atom. The van der Waals surface area contributed by atoms with Crippen LogP contribution in [0.2, 0.25) is 0 Å². The average Bonchev–Trinajstić information content (AvgIpc) is 2.44. The van der Waals surface area contributed by atoms with Gasteiger partial charge in [-0.25, -0.2) is 9.97 Å². The van der Waals surface area contributed by atoms with Gasteiger partial charge in [-0.1, -0.05) is 0 Å². The first-order chi connectivity index (χ1) is 9.65. The van der Waals surface area contributed by atoms with E-state index in [1.165, 1.54) is 0 Å². The first-order valence-corrected chi connectivity index (χ1v) is 6.64. The Morgan fingerprint density at radius 2 is 1.80 bits per heavy atom. The fourth-order valence-corrected chi connectivity index (χ4v) is 1.95. The van der Waals surface area contributed by atoms with Crippen molar-refractivity contribution in [2.75, 3.05) is 18.9 Å². The second kappa shape index (κ2) is 6.23. The topological polar surface area (TPSA) is 70.3 Å². The fourth-order valence-electron chi connectivity index (χ4n) is 1.95. The summed E-state index contributed by atoms with van der Waals surface area (Å²) in [4.78, 5) is 8.27. The number of benzene rings is 1. The van der Waals surface area contributed by atoms with Crippen molar-refractivity contribution in [3.8, 4) is 22.8 Å². The molecule has 2 aromatic rings. The Kier molecular flexibility index (Phi) is 4.40. The zero-order valence-corrected chi connectivity index (χ0v) is 12.0. The fraction of sp³-hybridized carbons (Fsp3) is 0.333. The molecule has 20 heavy (non-hydrogen) atoms. The van der Waals surface area contributed by atoms with Gasteiger partial charge in [0, 0.05) is 11.8 Å². The van der Waals surface area contributed by atoms with Crippen LogP contribution in [-0.4, -0.2) is 23.2 Å². The molecule has 5 nitrogen and oxygen atoms in total. The summed E-state index contributed by atoms with van der Waals surface area (Å²) in [5, 5.41) is 0. The second-order valence-corrected chi connectivity index (χ2v) is 4.29. The van der Waals surface area contributed by atoms with E-state index in [2.05, 4.69) is 9.97 Å². The number of anilines is 1. The van der Waals surface area contributed by atoms with Gasteiger partial charge in [0.25, 0.3) is 0 Å². The molecule has 1 aromatic carbocycles. The largest absolute Gasteiger partial charge is 0.490 e. The molecular formula is C15H19N3O2. The number of aryl methyl sites for hydroxylation is 1. The minimum atomic E-state index is 0.262. The Balaban J connectivity index is 2.46. The van der Waals surface area contributed by atoms with Gasteiger partial charge in [-0.3, -0.25) is 0 Å². The third kappa shape index (κ3) is 2.99. The SMILES string of the molecule is CCOc1ccc(-c2nc(N)ncc2C)cc1OCC. The van der Waals surface area contributed by atoms with Crippen molar-refractivity contribution in [3.05, 3.63) is 30.0 Å². The molecule has 0 radical (unpaired) electrons. The monoisotopic (exact) mass is 273 g/mol. The third-order valence-corrected chi connectivity index (χ3v) is 2.81. The zero-order valence-electron chi connectivity index (χ0n) is 12.0. The lowest BCUT2D eigenvalue weighted by Crippen LogP contribution is -2.01. The molecule has 0 aliphatic carbocycles. The van der Waals surface area contributed by atoms with Crippen molar-refractivity contribution in [1.82, 2.24) is 9.97 Å². The number of rotatable bonds is 5. The van der Waals surface area contributed by atoms with E-state index in [0.717, 1.165) is 22.6 Å². The standard InChI is InChI=1S/C15H19N3O2/c1-4-19-12-7-6-11(8-13(12)20-5-2)14-10(3)9-17-15(16)18-14/h6-9H,4-5H2,1-3H3,(H2,16,17,18). The number of nitrogens with zero attached hydrogens (tertiary/aromatic N) is 2. The maximum absolute atomic E-state index is 5.66. The van der Waals surface area contributed by atoms with E-state index in [0.29, 0.717) is 19.0 Å². The van der Waals surface area contributed by atoms with Gasteiger partial charge in [-0.2, -0.15) is 0 Å². The Labute approximate surface area is 118 Å². The van der Waals surface area contributed by atoms with Crippen molar-refractivity contribution in [2.45, 2.75) is 20.8 Å². The molecule has 2 N–H and O–H groups in total. The van der Waals surface area contributed by atoms with Gasteiger partial charge in [-0.05, 0) is 44.5 Å². The van der Waals surface area contributed by atoms with Crippen molar-refractivity contribution in [2.24, 2.45) is 0 Å². The third-order valence-electron chi connectivity index (χ3n) is 2.81. The molecule has 1 aromatic heterocycles. The normalized spacial score (nSPS) is 10.3. The number of nitrogen functional groups attached to an aromatic ring is 1. The van der Waals surface area contributed by atoms with Crippen molar-refractivity contribution >= 4 is 5.95 Å². The molecule has 0 aliphatic heterocycles. The highest BCUT2D eigenvalue weighted by Gasteiger charge is 2.10. The van der Waals surface area contributed by atoms with Gasteiger partial charge in [0.05, 0.1) is 18.9 Å².